The molecule has 8 nitrogen and oxygen atoms in total. The lowest BCUT2D eigenvalue weighted by molar-refractivity contribution is -0.140. The summed E-state index contributed by atoms with van der Waals surface area (Å²) >= 11 is 6.32. The first-order valence-electron chi connectivity index (χ1n) is 15.2. The normalized spacial score (nSPS) is 11.8. The van der Waals surface area contributed by atoms with Gasteiger partial charge in [0.25, 0.3) is 10.0 Å². The second kappa shape index (κ2) is 16.3. The summed E-state index contributed by atoms with van der Waals surface area (Å²) in [6.45, 7) is 3.77. The molecule has 0 bridgehead atoms. The number of amides is 2. The monoisotopic (exact) mass is 661 g/mol. The van der Waals surface area contributed by atoms with Crippen molar-refractivity contribution in [3.8, 4) is 5.75 Å². The number of ether oxygens (including phenoxy) is 1. The lowest BCUT2D eigenvalue weighted by Crippen LogP contribution is -2.53. The highest BCUT2D eigenvalue weighted by atomic mass is 35.5. The van der Waals surface area contributed by atoms with Gasteiger partial charge >= 0.3 is 0 Å². The number of aryl methyl sites for hydroxylation is 1. The molecule has 1 N–H and O–H groups in total. The molecule has 1 atom stereocenters. The molecular weight excluding hydrogens is 622 g/mol. The van der Waals surface area contributed by atoms with Gasteiger partial charge in [0.2, 0.25) is 11.8 Å². The predicted octanol–water partition coefficient (Wildman–Crippen LogP) is 6.41. The summed E-state index contributed by atoms with van der Waals surface area (Å²) in [5.41, 5.74) is 2.56. The van der Waals surface area contributed by atoms with Gasteiger partial charge in [-0.25, -0.2) is 8.42 Å². The Balaban J connectivity index is 1.83. The molecule has 242 valence electrons. The van der Waals surface area contributed by atoms with Crippen molar-refractivity contribution in [2.24, 2.45) is 0 Å². The average molecular weight is 662 g/mol. The van der Waals surface area contributed by atoms with Crippen LogP contribution in [0.4, 0.5) is 5.69 Å². The first-order chi connectivity index (χ1) is 22.1. The standard InChI is InChI=1S/C36H40ClN3O5S/c1-4-5-21-38-36(42)33(24-28-13-8-6-9-14-28)39(25-29-15-12-16-30(37)23-29)35(41)26-40(32-22-27(2)19-20-34(32)45-3)46(43,44)31-17-10-7-11-18-31/h6-20,22-23,33H,4-5,21,24-26H2,1-3H3,(H,38,42)/t33-/m0/s1. The highest BCUT2D eigenvalue weighted by Gasteiger charge is 2.35. The van der Waals surface area contributed by atoms with Crippen LogP contribution in [0, 0.1) is 6.92 Å². The van der Waals surface area contributed by atoms with E-state index in [4.69, 9.17) is 16.3 Å². The summed E-state index contributed by atoms with van der Waals surface area (Å²) in [6, 6.07) is 28.7. The third-order valence-corrected chi connectivity index (χ3v) is 9.56. The minimum Gasteiger partial charge on any atom is -0.495 e. The first-order valence-corrected chi connectivity index (χ1v) is 17.0. The van der Waals surface area contributed by atoms with Crippen LogP contribution in [0.25, 0.3) is 0 Å². The zero-order valence-electron chi connectivity index (χ0n) is 26.4. The Morgan fingerprint density at radius 2 is 1.57 bits per heavy atom. The summed E-state index contributed by atoms with van der Waals surface area (Å²) in [5, 5.41) is 3.47. The van der Waals surface area contributed by atoms with Gasteiger partial charge in [0.1, 0.15) is 18.3 Å². The second-order valence-corrected chi connectivity index (χ2v) is 13.3. The highest BCUT2D eigenvalue weighted by molar-refractivity contribution is 7.92. The Bertz CT molecular complexity index is 1720. The highest BCUT2D eigenvalue weighted by Crippen LogP contribution is 2.34. The Hall–Kier alpha value is -4.34. The van der Waals surface area contributed by atoms with Gasteiger partial charge in [-0.2, -0.15) is 0 Å². The smallest absolute Gasteiger partial charge is 0.264 e. The van der Waals surface area contributed by atoms with E-state index in [9.17, 15) is 18.0 Å². The molecule has 0 saturated carbocycles. The Morgan fingerprint density at radius 1 is 0.891 bits per heavy atom. The van der Waals surface area contributed by atoms with Crippen molar-refractivity contribution >= 4 is 39.1 Å². The molecule has 4 aromatic carbocycles. The fourth-order valence-corrected chi connectivity index (χ4v) is 6.77. The van der Waals surface area contributed by atoms with Crippen LogP contribution in [0.1, 0.15) is 36.5 Å². The van der Waals surface area contributed by atoms with Crippen LogP contribution in [-0.2, 0) is 32.6 Å². The first kappa shape index (κ1) is 34.5. The van der Waals surface area contributed by atoms with Crippen LogP contribution in [0.3, 0.4) is 0 Å². The molecule has 0 aliphatic heterocycles. The summed E-state index contributed by atoms with van der Waals surface area (Å²) in [4.78, 5) is 29.9. The summed E-state index contributed by atoms with van der Waals surface area (Å²) in [6.07, 6.45) is 1.89. The van der Waals surface area contributed by atoms with Crippen molar-refractivity contribution in [1.29, 1.82) is 0 Å². The fraction of sp³-hybridized carbons (Fsp3) is 0.278. The summed E-state index contributed by atoms with van der Waals surface area (Å²) in [7, 11) is -2.80. The van der Waals surface area contributed by atoms with Gasteiger partial charge in [-0.15, -0.1) is 0 Å². The minimum absolute atomic E-state index is 0.0193. The zero-order valence-corrected chi connectivity index (χ0v) is 27.9. The van der Waals surface area contributed by atoms with Crippen molar-refractivity contribution < 1.29 is 22.7 Å². The Labute approximate surface area is 277 Å². The SMILES string of the molecule is CCCCNC(=O)[C@H](Cc1ccccc1)N(Cc1cccc(Cl)c1)C(=O)CN(c1cc(C)ccc1OC)S(=O)(=O)c1ccccc1. The molecule has 0 fully saturated rings. The van der Waals surface area contributed by atoms with E-state index in [-0.39, 0.29) is 35.2 Å². The molecule has 10 heteroatoms. The predicted molar refractivity (Wildman–Crippen MR) is 183 cm³/mol. The molecule has 0 saturated heterocycles. The topological polar surface area (TPSA) is 96.0 Å². The number of carbonyl (C=O) groups excluding carboxylic acids is 2. The molecule has 0 aliphatic carbocycles. The third kappa shape index (κ3) is 8.89. The minimum atomic E-state index is -4.25. The number of unbranched alkanes of at least 4 members (excludes halogenated alkanes) is 1. The molecule has 46 heavy (non-hydrogen) atoms. The number of nitrogens with one attached hydrogen (secondary N) is 1. The van der Waals surface area contributed by atoms with Crippen molar-refractivity contribution in [2.75, 3.05) is 24.5 Å². The molecule has 0 aromatic heterocycles. The number of benzene rings is 4. The number of hydrogen-bond donors (Lipinski definition) is 1. The Morgan fingerprint density at radius 3 is 2.22 bits per heavy atom. The van der Waals surface area contributed by atoms with Crippen LogP contribution in [0.15, 0.2) is 108 Å². The van der Waals surface area contributed by atoms with Gasteiger partial charge < -0.3 is 15.0 Å². The molecule has 0 unspecified atom stereocenters. The number of sulfonamides is 1. The number of rotatable bonds is 15. The molecule has 0 radical (unpaired) electrons. The number of halogens is 1. The molecule has 0 spiro atoms. The van der Waals surface area contributed by atoms with Crippen molar-refractivity contribution in [3.63, 3.8) is 0 Å². The van der Waals surface area contributed by atoms with E-state index in [1.165, 1.54) is 24.1 Å². The third-order valence-electron chi connectivity index (χ3n) is 7.56. The molecule has 2 amide bonds. The lowest BCUT2D eigenvalue weighted by atomic mass is 10.0. The van der Waals surface area contributed by atoms with E-state index in [0.29, 0.717) is 17.1 Å². The van der Waals surface area contributed by atoms with Gasteiger partial charge in [-0.3, -0.25) is 13.9 Å². The lowest BCUT2D eigenvalue weighted by Gasteiger charge is -2.34. The molecule has 4 aromatic rings. The number of hydrogen-bond acceptors (Lipinski definition) is 5. The van der Waals surface area contributed by atoms with Gasteiger partial charge in [0.15, 0.2) is 0 Å². The van der Waals surface area contributed by atoms with E-state index in [1.54, 1.807) is 54.6 Å². The quantitative estimate of drug-likeness (QED) is 0.149. The number of anilines is 1. The molecule has 4 rings (SSSR count). The Kier molecular flexibility index (Phi) is 12.2. The van der Waals surface area contributed by atoms with E-state index in [1.807, 2.05) is 50.2 Å². The van der Waals surface area contributed by atoms with E-state index < -0.39 is 28.5 Å². The number of carbonyl (C=O) groups is 2. The van der Waals surface area contributed by atoms with Crippen LogP contribution in [0.5, 0.6) is 5.75 Å². The van der Waals surface area contributed by atoms with E-state index in [2.05, 4.69) is 5.32 Å². The van der Waals surface area contributed by atoms with Gasteiger partial charge in [-0.05, 0) is 66.4 Å². The van der Waals surface area contributed by atoms with Crippen LogP contribution in [0.2, 0.25) is 5.02 Å². The maximum atomic E-state index is 14.6. The van der Waals surface area contributed by atoms with Crippen molar-refractivity contribution in [2.45, 2.75) is 50.6 Å². The molecular formula is C36H40ClN3O5S. The molecule has 0 heterocycles. The van der Waals surface area contributed by atoms with Gasteiger partial charge in [0.05, 0.1) is 17.7 Å². The van der Waals surface area contributed by atoms with Crippen molar-refractivity contribution in [1.82, 2.24) is 10.2 Å². The maximum absolute atomic E-state index is 14.6. The van der Waals surface area contributed by atoms with Crippen LogP contribution >= 0.6 is 11.6 Å². The number of nitrogens with zero attached hydrogens (tertiary/aromatic N) is 2. The second-order valence-electron chi connectivity index (χ2n) is 11.0. The van der Waals surface area contributed by atoms with Crippen LogP contribution in [-0.4, -0.2) is 51.4 Å². The van der Waals surface area contributed by atoms with E-state index in [0.717, 1.165) is 28.3 Å². The fourth-order valence-electron chi connectivity index (χ4n) is 5.12. The largest absolute Gasteiger partial charge is 0.495 e. The maximum Gasteiger partial charge on any atom is 0.264 e. The van der Waals surface area contributed by atoms with Crippen molar-refractivity contribution in [3.05, 3.63) is 125 Å². The average Bonchev–Trinajstić information content (AvgIpc) is 3.06. The number of methoxy groups -OCH3 is 1. The van der Waals surface area contributed by atoms with Gasteiger partial charge in [-0.1, -0.05) is 91.7 Å². The zero-order chi connectivity index (χ0) is 33.1. The van der Waals surface area contributed by atoms with E-state index >= 15 is 0 Å². The van der Waals surface area contributed by atoms with Gasteiger partial charge in [0, 0.05) is 24.5 Å². The van der Waals surface area contributed by atoms with Crippen LogP contribution < -0.4 is 14.4 Å². The molecule has 0 aliphatic rings. The summed E-state index contributed by atoms with van der Waals surface area (Å²) < 4.78 is 35.1. The summed E-state index contributed by atoms with van der Waals surface area (Å²) in [5.74, 6) is -0.592.